The summed E-state index contributed by atoms with van der Waals surface area (Å²) in [6, 6.07) is 9.14. The van der Waals surface area contributed by atoms with Crippen LogP contribution in [0.5, 0.6) is 5.75 Å². The summed E-state index contributed by atoms with van der Waals surface area (Å²) < 4.78 is 66.8. The summed E-state index contributed by atoms with van der Waals surface area (Å²) in [5, 5.41) is 0. The van der Waals surface area contributed by atoms with Crippen molar-refractivity contribution >= 4 is 21.6 Å². The number of rotatable bonds is 5. The van der Waals surface area contributed by atoms with E-state index in [1.807, 2.05) is 0 Å². The number of primary amides is 1. The second-order valence-electron chi connectivity index (χ2n) is 4.57. The van der Waals surface area contributed by atoms with Crippen LogP contribution in [0.2, 0.25) is 0 Å². The van der Waals surface area contributed by atoms with Crippen LogP contribution in [0.3, 0.4) is 0 Å². The van der Waals surface area contributed by atoms with Gasteiger partial charge >= 0.3 is 6.36 Å². The number of benzene rings is 2. The number of hydrogen-bond donors (Lipinski definition) is 2. The minimum absolute atomic E-state index is 0.115. The minimum atomic E-state index is -4.89. The Hall–Kier alpha value is -2.75. The normalized spacial score (nSPS) is 11.8. The number of anilines is 1. The van der Waals surface area contributed by atoms with Crippen molar-refractivity contribution in [3.05, 3.63) is 54.1 Å². The van der Waals surface area contributed by atoms with Gasteiger partial charge in [0.2, 0.25) is 5.91 Å². The second kappa shape index (κ2) is 6.40. The minimum Gasteiger partial charge on any atom is -0.406 e. The molecule has 0 aliphatic carbocycles. The summed E-state index contributed by atoms with van der Waals surface area (Å²) in [5.74, 6) is -1.28. The quantitative estimate of drug-likeness (QED) is 0.856. The fourth-order valence-electron chi connectivity index (χ4n) is 1.77. The van der Waals surface area contributed by atoms with E-state index in [1.165, 1.54) is 24.3 Å². The van der Waals surface area contributed by atoms with Crippen LogP contribution in [0.4, 0.5) is 18.9 Å². The maximum absolute atomic E-state index is 12.2. The highest BCUT2D eigenvalue weighted by molar-refractivity contribution is 7.92. The lowest BCUT2D eigenvalue weighted by Gasteiger charge is -2.12. The molecule has 0 heterocycles. The van der Waals surface area contributed by atoms with Crippen LogP contribution in [0, 0.1) is 0 Å². The Morgan fingerprint density at radius 3 is 2.25 bits per heavy atom. The van der Waals surface area contributed by atoms with Crippen LogP contribution < -0.4 is 15.2 Å². The predicted molar refractivity (Wildman–Crippen MR) is 78.9 cm³/mol. The van der Waals surface area contributed by atoms with Crippen molar-refractivity contribution in [1.82, 2.24) is 0 Å². The average molecular weight is 360 g/mol. The van der Waals surface area contributed by atoms with Gasteiger partial charge in [-0.05, 0) is 36.4 Å². The summed E-state index contributed by atoms with van der Waals surface area (Å²) in [5.41, 5.74) is 5.06. The number of alkyl halides is 3. The van der Waals surface area contributed by atoms with Crippen molar-refractivity contribution in [2.45, 2.75) is 11.3 Å². The lowest BCUT2D eigenvalue weighted by atomic mass is 10.2. The Bertz CT molecular complexity index is 849. The SMILES string of the molecule is NC(=O)c1ccc(S(=O)(=O)Nc2cccc(OC(F)(F)F)c2)cc1. The number of halogens is 3. The van der Waals surface area contributed by atoms with Crippen LogP contribution in [0.1, 0.15) is 10.4 Å². The van der Waals surface area contributed by atoms with Crippen molar-refractivity contribution in [3.63, 3.8) is 0 Å². The van der Waals surface area contributed by atoms with Gasteiger partial charge in [0.15, 0.2) is 0 Å². The molecule has 0 fully saturated rings. The summed E-state index contributed by atoms with van der Waals surface area (Å²) in [6.45, 7) is 0. The number of carbonyl (C=O) groups is 1. The molecule has 1 amide bonds. The smallest absolute Gasteiger partial charge is 0.406 e. The maximum atomic E-state index is 12.2. The average Bonchev–Trinajstić information content (AvgIpc) is 2.45. The standard InChI is InChI=1S/C14H11F3N2O4S/c15-14(16,17)23-11-3-1-2-10(8-11)19-24(21,22)12-6-4-9(5-7-12)13(18)20/h1-8,19H,(H2,18,20). The van der Waals surface area contributed by atoms with Crippen molar-refractivity contribution in [1.29, 1.82) is 0 Å². The van der Waals surface area contributed by atoms with Crippen molar-refractivity contribution in [2.24, 2.45) is 5.73 Å². The molecule has 2 aromatic rings. The Balaban J connectivity index is 2.23. The number of carbonyl (C=O) groups excluding carboxylic acids is 1. The molecule has 6 nitrogen and oxygen atoms in total. The molecule has 0 bridgehead atoms. The van der Waals surface area contributed by atoms with E-state index in [0.717, 1.165) is 24.3 Å². The molecule has 0 aromatic heterocycles. The van der Waals surface area contributed by atoms with Gasteiger partial charge in [-0.3, -0.25) is 9.52 Å². The Morgan fingerprint density at radius 2 is 1.71 bits per heavy atom. The lowest BCUT2D eigenvalue weighted by Crippen LogP contribution is -2.17. The fraction of sp³-hybridized carbons (Fsp3) is 0.0714. The Kier molecular flexibility index (Phi) is 4.69. The molecule has 0 spiro atoms. The number of nitrogens with one attached hydrogen (secondary N) is 1. The van der Waals surface area contributed by atoms with Crippen molar-refractivity contribution in [2.75, 3.05) is 4.72 Å². The first-order valence-corrected chi connectivity index (χ1v) is 7.84. The number of hydrogen-bond acceptors (Lipinski definition) is 4. The van der Waals surface area contributed by atoms with E-state index in [2.05, 4.69) is 9.46 Å². The zero-order chi connectivity index (χ0) is 18.0. The van der Waals surface area contributed by atoms with E-state index < -0.39 is 28.0 Å². The second-order valence-corrected chi connectivity index (χ2v) is 6.25. The van der Waals surface area contributed by atoms with Crippen LogP contribution >= 0.6 is 0 Å². The molecule has 0 aliphatic heterocycles. The van der Waals surface area contributed by atoms with Gasteiger partial charge in [-0.2, -0.15) is 0 Å². The highest BCUT2D eigenvalue weighted by Gasteiger charge is 2.31. The molecule has 128 valence electrons. The van der Waals surface area contributed by atoms with Crippen LogP contribution in [-0.2, 0) is 10.0 Å². The molecule has 0 aliphatic rings. The van der Waals surface area contributed by atoms with Crippen LogP contribution in [-0.4, -0.2) is 20.7 Å². The third-order valence-electron chi connectivity index (χ3n) is 2.77. The first-order valence-electron chi connectivity index (χ1n) is 6.35. The first kappa shape index (κ1) is 17.6. The molecule has 24 heavy (non-hydrogen) atoms. The van der Waals surface area contributed by atoms with E-state index in [-0.39, 0.29) is 16.1 Å². The molecule has 0 saturated heterocycles. The maximum Gasteiger partial charge on any atom is 0.573 e. The number of sulfonamides is 1. The summed E-state index contributed by atoms with van der Waals surface area (Å²) >= 11 is 0. The molecule has 0 radical (unpaired) electrons. The molecule has 0 unspecified atom stereocenters. The van der Waals surface area contributed by atoms with Crippen molar-refractivity contribution < 1.29 is 31.1 Å². The zero-order valence-corrected chi connectivity index (χ0v) is 12.7. The molecule has 2 rings (SSSR count). The summed E-state index contributed by atoms with van der Waals surface area (Å²) in [7, 11) is -4.06. The molecule has 3 N–H and O–H groups in total. The van der Waals surface area contributed by atoms with Crippen LogP contribution in [0.15, 0.2) is 53.4 Å². The topological polar surface area (TPSA) is 98.5 Å². The van der Waals surface area contributed by atoms with Gasteiger partial charge in [0.05, 0.1) is 10.6 Å². The van der Waals surface area contributed by atoms with E-state index in [0.29, 0.717) is 0 Å². The predicted octanol–water partition coefficient (Wildman–Crippen LogP) is 2.48. The molecular formula is C14H11F3N2O4S. The highest BCUT2D eigenvalue weighted by Crippen LogP contribution is 2.26. The van der Waals surface area contributed by atoms with Crippen molar-refractivity contribution in [3.8, 4) is 5.75 Å². The summed E-state index contributed by atoms with van der Waals surface area (Å²) in [6.07, 6.45) is -4.89. The highest BCUT2D eigenvalue weighted by atomic mass is 32.2. The summed E-state index contributed by atoms with van der Waals surface area (Å²) in [4.78, 5) is 10.8. The zero-order valence-electron chi connectivity index (χ0n) is 11.9. The third-order valence-corrected chi connectivity index (χ3v) is 4.17. The van der Waals surface area contributed by atoms with E-state index in [9.17, 15) is 26.4 Å². The van der Waals surface area contributed by atoms with Crippen LogP contribution in [0.25, 0.3) is 0 Å². The largest absolute Gasteiger partial charge is 0.573 e. The molecule has 0 atom stereocenters. The molecule has 0 saturated carbocycles. The van der Waals surface area contributed by atoms with Gasteiger partial charge in [-0.1, -0.05) is 6.07 Å². The van der Waals surface area contributed by atoms with E-state index >= 15 is 0 Å². The molecule has 10 heteroatoms. The van der Waals surface area contributed by atoms with Gasteiger partial charge in [-0.15, -0.1) is 13.2 Å². The third kappa shape index (κ3) is 4.62. The van der Waals surface area contributed by atoms with Gasteiger partial charge < -0.3 is 10.5 Å². The monoisotopic (exact) mass is 360 g/mol. The number of amides is 1. The van der Waals surface area contributed by atoms with Gasteiger partial charge in [0.1, 0.15) is 5.75 Å². The number of nitrogens with two attached hydrogens (primary N) is 1. The fourth-order valence-corrected chi connectivity index (χ4v) is 2.82. The molecule has 2 aromatic carbocycles. The Morgan fingerprint density at radius 1 is 1.08 bits per heavy atom. The van der Waals surface area contributed by atoms with Gasteiger partial charge in [-0.25, -0.2) is 8.42 Å². The number of ether oxygens (including phenoxy) is 1. The van der Waals surface area contributed by atoms with Gasteiger partial charge in [0.25, 0.3) is 10.0 Å². The molecular weight excluding hydrogens is 349 g/mol. The van der Waals surface area contributed by atoms with E-state index in [4.69, 9.17) is 5.73 Å². The lowest BCUT2D eigenvalue weighted by molar-refractivity contribution is -0.274. The van der Waals surface area contributed by atoms with Gasteiger partial charge in [0, 0.05) is 11.6 Å². The van der Waals surface area contributed by atoms with E-state index in [1.54, 1.807) is 0 Å². The first-order chi connectivity index (χ1) is 11.1. The Labute approximate surface area is 135 Å².